The molecule has 1 aromatic rings. The number of hydrogen-bond acceptors (Lipinski definition) is 4. The molecule has 0 bridgehead atoms. The molecular formula is C15H21ClN4O2. The molecule has 22 heavy (non-hydrogen) atoms. The summed E-state index contributed by atoms with van der Waals surface area (Å²) in [5.74, 6) is 0.539. The van der Waals surface area contributed by atoms with Crippen molar-refractivity contribution in [2.75, 3.05) is 27.3 Å². The second-order valence-corrected chi connectivity index (χ2v) is 5.73. The molecule has 1 aromatic heterocycles. The monoisotopic (exact) mass is 324 g/mol. The number of amides is 1. The minimum absolute atomic E-state index is 0.0589. The van der Waals surface area contributed by atoms with Crippen LogP contribution in [0.5, 0.6) is 0 Å². The highest BCUT2D eigenvalue weighted by Gasteiger charge is 2.22. The zero-order chi connectivity index (χ0) is 16.1. The topological polar surface area (TPSA) is 60.2 Å². The molecule has 0 aliphatic carbocycles. The molecule has 2 heterocycles. The molecule has 1 amide bonds. The van der Waals surface area contributed by atoms with Gasteiger partial charge in [0.15, 0.2) is 0 Å². The Hall–Kier alpha value is -1.66. The van der Waals surface area contributed by atoms with Gasteiger partial charge < -0.3 is 14.2 Å². The Bertz CT molecular complexity index is 593. The standard InChI is InChI=1S/C15H21ClN4O2/c1-11-18-15(16)17-8-4-7-13(14(21)19(2)3)20(11)12-6-5-9-22-10-12/h4,7-8,12H,5-6,9-10H2,1-3H3. The Morgan fingerprint density at radius 1 is 1.50 bits per heavy atom. The lowest BCUT2D eigenvalue weighted by Gasteiger charge is -2.28. The number of nitrogens with zero attached hydrogens (tertiary/aromatic N) is 4. The van der Waals surface area contributed by atoms with Crippen LogP contribution in [-0.4, -0.2) is 52.7 Å². The molecule has 120 valence electrons. The summed E-state index contributed by atoms with van der Waals surface area (Å²) in [6.07, 6.45) is 3.42. The van der Waals surface area contributed by atoms with Crippen molar-refractivity contribution < 1.29 is 9.53 Å². The first-order chi connectivity index (χ1) is 10.5. The largest absolute Gasteiger partial charge is 0.379 e. The fraction of sp³-hybridized carbons (Fsp3) is 0.533. The highest BCUT2D eigenvalue weighted by atomic mass is 35.5. The second-order valence-electron chi connectivity index (χ2n) is 5.39. The summed E-state index contributed by atoms with van der Waals surface area (Å²) in [5, 5.41) is 0.141. The number of rotatable bonds is 2. The summed E-state index contributed by atoms with van der Waals surface area (Å²) in [5.41, 5.74) is 0.541. The molecule has 1 aliphatic heterocycles. The molecule has 0 radical (unpaired) electrons. The summed E-state index contributed by atoms with van der Waals surface area (Å²) in [4.78, 5) is 22.4. The first-order valence-corrected chi connectivity index (χ1v) is 7.62. The van der Waals surface area contributed by atoms with Crippen LogP contribution in [0.1, 0.15) is 35.2 Å². The highest BCUT2D eigenvalue weighted by Crippen LogP contribution is 2.22. The van der Waals surface area contributed by atoms with Crippen molar-refractivity contribution in [2.45, 2.75) is 25.8 Å². The summed E-state index contributed by atoms with van der Waals surface area (Å²) in [6, 6.07) is 3.50. The summed E-state index contributed by atoms with van der Waals surface area (Å²) in [7, 11) is 3.45. The number of carbonyl (C=O) groups is 1. The van der Waals surface area contributed by atoms with E-state index in [1.807, 2.05) is 11.5 Å². The van der Waals surface area contributed by atoms with Crippen molar-refractivity contribution >= 4 is 17.5 Å². The number of ether oxygens (including phenoxy) is 1. The Balaban J connectivity index is 2.68. The van der Waals surface area contributed by atoms with Gasteiger partial charge in [0.2, 0.25) is 5.28 Å². The molecule has 0 saturated carbocycles. The second kappa shape index (κ2) is 7.56. The van der Waals surface area contributed by atoms with Gasteiger partial charge >= 0.3 is 0 Å². The van der Waals surface area contributed by atoms with E-state index in [9.17, 15) is 4.79 Å². The average molecular weight is 325 g/mol. The average Bonchev–Trinajstić information content (AvgIpc) is 2.56. The first-order valence-electron chi connectivity index (χ1n) is 7.24. The van der Waals surface area contributed by atoms with Crippen LogP contribution in [0.3, 0.4) is 0 Å². The highest BCUT2D eigenvalue weighted by molar-refractivity contribution is 6.28. The van der Waals surface area contributed by atoms with E-state index in [2.05, 4.69) is 9.97 Å². The number of aromatic nitrogens is 3. The predicted octanol–water partition coefficient (Wildman–Crippen LogP) is 2.42. The maximum Gasteiger partial charge on any atom is 0.270 e. The summed E-state index contributed by atoms with van der Waals surface area (Å²) < 4.78 is 7.48. The number of aryl methyl sites for hydroxylation is 1. The molecule has 2 rings (SSSR count). The van der Waals surface area contributed by atoms with E-state index in [-0.39, 0.29) is 17.2 Å². The van der Waals surface area contributed by atoms with Crippen molar-refractivity contribution in [2.24, 2.45) is 0 Å². The molecule has 0 spiro atoms. The Labute approximate surface area is 135 Å². The van der Waals surface area contributed by atoms with Crippen LogP contribution < -0.4 is 0 Å². The van der Waals surface area contributed by atoms with Crippen LogP contribution in [0.25, 0.3) is 0 Å². The molecule has 1 atom stereocenters. The molecule has 6 nitrogen and oxygen atoms in total. The number of halogens is 1. The molecule has 1 aliphatic rings. The van der Waals surface area contributed by atoms with Gasteiger partial charge in [0.25, 0.3) is 5.91 Å². The van der Waals surface area contributed by atoms with Crippen LogP contribution >= 0.6 is 11.6 Å². The van der Waals surface area contributed by atoms with E-state index in [1.54, 1.807) is 31.1 Å². The van der Waals surface area contributed by atoms with Gasteiger partial charge in [0.05, 0.1) is 12.6 Å². The van der Waals surface area contributed by atoms with Gasteiger partial charge in [0.1, 0.15) is 11.5 Å². The summed E-state index contributed by atoms with van der Waals surface area (Å²) >= 11 is 5.99. The van der Waals surface area contributed by atoms with Crippen molar-refractivity contribution in [3.05, 3.63) is 35.1 Å². The third-order valence-electron chi connectivity index (χ3n) is 3.51. The third kappa shape index (κ3) is 3.96. The fourth-order valence-corrected chi connectivity index (χ4v) is 2.68. The van der Waals surface area contributed by atoms with Crippen molar-refractivity contribution in [3.8, 4) is 0 Å². The number of hydrogen-bond donors (Lipinski definition) is 0. The van der Waals surface area contributed by atoms with Crippen LogP contribution in [0, 0.1) is 6.92 Å². The molecular weight excluding hydrogens is 304 g/mol. The van der Waals surface area contributed by atoms with Crippen LogP contribution in [0.15, 0.2) is 18.3 Å². The van der Waals surface area contributed by atoms with Crippen molar-refractivity contribution in [1.29, 1.82) is 0 Å². The zero-order valence-corrected chi connectivity index (χ0v) is 13.9. The van der Waals surface area contributed by atoms with E-state index in [0.717, 1.165) is 19.4 Å². The molecule has 1 unspecified atom stereocenters. The van der Waals surface area contributed by atoms with Crippen molar-refractivity contribution in [1.82, 2.24) is 19.4 Å². The fourth-order valence-electron chi connectivity index (χ4n) is 2.50. The molecule has 1 saturated heterocycles. The lowest BCUT2D eigenvalue weighted by atomic mass is 10.1. The third-order valence-corrected chi connectivity index (χ3v) is 3.69. The lowest BCUT2D eigenvalue weighted by molar-refractivity contribution is 0.0551. The maximum absolute atomic E-state index is 12.6. The minimum atomic E-state index is -0.0946. The quantitative estimate of drug-likeness (QED) is 0.838. The SMILES string of the molecule is Cc1nc(Cl)ncccc(C(=O)N(C)C)n1C1CCCOC1. The van der Waals surface area contributed by atoms with Crippen LogP contribution in [-0.2, 0) is 4.74 Å². The Kier molecular flexibility index (Phi) is 5.74. The Morgan fingerprint density at radius 3 is 2.91 bits per heavy atom. The predicted molar refractivity (Wildman–Crippen MR) is 84.5 cm³/mol. The van der Waals surface area contributed by atoms with E-state index >= 15 is 0 Å². The van der Waals surface area contributed by atoms with Crippen LogP contribution in [0.4, 0.5) is 0 Å². The zero-order valence-electron chi connectivity index (χ0n) is 13.1. The smallest absolute Gasteiger partial charge is 0.270 e. The first kappa shape index (κ1) is 16.7. The van der Waals surface area contributed by atoms with Gasteiger partial charge in [-0.25, -0.2) is 9.97 Å². The molecule has 1 fully saturated rings. The van der Waals surface area contributed by atoms with E-state index in [1.165, 1.54) is 6.20 Å². The minimum Gasteiger partial charge on any atom is -0.379 e. The normalized spacial score (nSPS) is 17.7. The Morgan fingerprint density at radius 2 is 2.27 bits per heavy atom. The number of carbonyl (C=O) groups excluding carboxylic acids is 1. The van der Waals surface area contributed by atoms with Gasteiger partial charge in [-0.2, -0.15) is 0 Å². The molecule has 0 N–H and O–H groups in total. The summed E-state index contributed by atoms with van der Waals surface area (Å²) in [6.45, 7) is 3.14. The lowest BCUT2D eigenvalue weighted by Crippen LogP contribution is -2.31. The van der Waals surface area contributed by atoms with E-state index in [4.69, 9.17) is 16.3 Å². The van der Waals surface area contributed by atoms with E-state index < -0.39 is 0 Å². The van der Waals surface area contributed by atoms with Gasteiger partial charge in [0, 0.05) is 26.9 Å². The van der Waals surface area contributed by atoms with Gasteiger partial charge in [-0.05, 0) is 43.5 Å². The van der Waals surface area contributed by atoms with E-state index in [0.29, 0.717) is 18.1 Å². The van der Waals surface area contributed by atoms with Crippen molar-refractivity contribution in [3.63, 3.8) is 0 Å². The van der Waals surface area contributed by atoms with Gasteiger partial charge in [-0.3, -0.25) is 4.79 Å². The molecule has 0 aromatic carbocycles. The maximum atomic E-state index is 12.6. The van der Waals surface area contributed by atoms with Gasteiger partial charge in [-0.1, -0.05) is 0 Å². The van der Waals surface area contributed by atoms with Crippen LogP contribution in [0.2, 0.25) is 5.28 Å². The van der Waals surface area contributed by atoms with Gasteiger partial charge in [-0.15, -0.1) is 0 Å². The molecule has 7 heteroatoms.